The Morgan fingerprint density at radius 1 is 1.33 bits per heavy atom. The third-order valence-corrected chi connectivity index (χ3v) is 4.41. The van der Waals surface area contributed by atoms with Crippen molar-refractivity contribution < 1.29 is 5.11 Å². The Balaban J connectivity index is 0.00000288. The number of guanidine groups is 1. The van der Waals surface area contributed by atoms with Crippen LogP contribution in [0.2, 0.25) is 4.34 Å². The smallest absolute Gasteiger partial charge is 0.191 e. The van der Waals surface area contributed by atoms with E-state index >= 15 is 0 Å². The van der Waals surface area contributed by atoms with E-state index in [9.17, 15) is 5.11 Å². The monoisotopic (exact) mass is 480 g/mol. The maximum atomic E-state index is 10.2. The topological polar surface area (TPSA) is 69.5 Å². The average molecular weight is 481 g/mol. The van der Waals surface area contributed by atoms with Gasteiger partial charge in [0, 0.05) is 23.7 Å². The second-order valence-corrected chi connectivity index (χ2v) is 6.75. The molecule has 0 spiro atoms. The van der Waals surface area contributed by atoms with Gasteiger partial charge in [-0.1, -0.05) is 17.7 Å². The number of hydrogen-bond acceptors (Lipinski definition) is 4. The summed E-state index contributed by atoms with van der Waals surface area (Å²) in [6, 6.07) is 9.49. The number of nitrogens with one attached hydrogen (secondary N) is 2. The van der Waals surface area contributed by atoms with E-state index in [1.165, 1.54) is 11.3 Å². The molecule has 0 aliphatic rings. The first kappa shape index (κ1) is 21.1. The highest BCUT2D eigenvalue weighted by molar-refractivity contribution is 14.0. The SMILES string of the molecule is CCNC(=NCc1cccc(C)n1)NCC(O)c1ccc(Cl)s1.I. The Morgan fingerprint density at radius 3 is 2.75 bits per heavy atom. The number of halogens is 2. The van der Waals surface area contributed by atoms with Crippen LogP contribution < -0.4 is 10.6 Å². The summed E-state index contributed by atoms with van der Waals surface area (Å²) in [6.07, 6.45) is -0.617. The number of aryl methyl sites for hydroxylation is 1. The number of pyridine rings is 1. The zero-order valence-corrected chi connectivity index (χ0v) is 17.5. The van der Waals surface area contributed by atoms with E-state index in [4.69, 9.17) is 11.6 Å². The van der Waals surface area contributed by atoms with Gasteiger partial charge in [-0.3, -0.25) is 4.98 Å². The summed E-state index contributed by atoms with van der Waals surface area (Å²) in [5.74, 6) is 0.650. The van der Waals surface area contributed by atoms with Crippen LogP contribution in [-0.2, 0) is 6.54 Å². The number of aliphatic hydroxyl groups is 1. The highest BCUT2D eigenvalue weighted by Crippen LogP contribution is 2.26. The van der Waals surface area contributed by atoms with E-state index in [0.29, 0.717) is 23.4 Å². The zero-order chi connectivity index (χ0) is 16.7. The lowest BCUT2D eigenvalue weighted by Gasteiger charge is -2.14. The van der Waals surface area contributed by atoms with Crippen LogP contribution in [0, 0.1) is 6.92 Å². The predicted molar refractivity (Wildman–Crippen MR) is 111 cm³/mol. The van der Waals surface area contributed by atoms with Crippen molar-refractivity contribution >= 4 is 52.9 Å². The summed E-state index contributed by atoms with van der Waals surface area (Å²) in [4.78, 5) is 9.75. The van der Waals surface area contributed by atoms with Gasteiger partial charge in [-0.2, -0.15) is 0 Å². The van der Waals surface area contributed by atoms with Gasteiger partial charge in [0.1, 0.15) is 6.10 Å². The number of thiophene rings is 1. The van der Waals surface area contributed by atoms with Crippen LogP contribution >= 0.6 is 46.9 Å². The first-order valence-corrected chi connectivity index (χ1v) is 8.66. The highest BCUT2D eigenvalue weighted by Gasteiger charge is 2.11. The minimum absolute atomic E-state index is 0. The summed E-state index contributed by atoms with van der Waals surface area (Å²) in [5.41, 5.74) is 1.88. The summed E-state index contributed by atoms with van der Waals surface area (Å²) in [6.45, 7) is 5.55. The summed E-state index contributed by atoms with van der Waals surface area (Å²) < 4.78 is 0.671. The van der Waals surface area contributed by atoms with E-state index in [1.807, 2.05) is 38.1 Å². The molecule has 24 heavy (non-hydrogen) atoms. The summed E-state index contributed by atoms with van der Waals surface area (Å²) in [7, 11) is 0. The van der Waals surface area contributed by atoms with Crippen molar-refractivity contribution in [3.8, 4) is 0 Å². The molecule has 0 saturated carbocycles. The van der Waals surface area contributed by atoms with E-state index in [2.05, 4.69) is 20.6 Å². The van der Waals surface area contributed by atoms with Gasteiger partial charge < -0.3 is 15.7 Å². The molecule has 0 radical (unpaired) electrons. The van der Waals surface area contributed by atoms with E-state index < -0.39 is 6.10 Å². The Kier molecular flexibility index (Phi) is 9.57. The lowest BCUT2D eigenvalue weighted by Crippen LogP contribution is -2.39. The number of nitrogens with zero attached hydrogens (tertiary/aromatic N) is 2. The Hall–Kier alpha value is -0.900. The van der Waals surface area contributed by atoms with E-state index in [-0.39, 0.29) is 24.0 Å². The molecule has 132 valence electrons. The van der Waals surface area contributed by atoms with Crippen molar-refractivity contribution in [2.24, 2.45) is 4.99 Å². The lowest BCUT2D eigenvalue weighted by atomic mass is 10.3. The van der Waals surface area contributed by atoms with Crippen LogP contribution in [0.15, 0.2) is 35.3 Å². The second-order valence-electron chi connectivity index (χ2n) is 5.00. The molecule has 0 aliphatic carbocycles. The number of aliphatic imine (C=N–C) groups is 1. The van der Waals surface area contributed by atoms with Gasteiger partial charge in [0.25, 0.3) is 0 Å². The van der Waals surface area contributed by atoms with Crippen molar-refractivity contribution in [1.82, 2.24) is 15.6 Å². The molecular weight excluding hydrogens is 459 g/mol. The molecule has 0 fully saturated rings. The second kappa shape index (κ2) is 10.9. The number of aliphatic hydroxyl groups excluding tert-OH is 1. The quantitative estimate of drug-likeness (QED) is 0.336. The molecule has 3 N–H and O–H groups in total. The van der Waals surface area contributed by atoms with Gasteiger partial charge in [0.05, 0.1) is 16.6 Å². The fourth-order valence-corrected chi connectivity index (χ4v) is 3.04. The molecule has 0 saturated heterocycles. The van der Waals surface area contributed by atoms with Crippen molar-refractivity contribution in [2.75, 3.05) is 13.1 Å². The molecule has 2 aromatic heterocycles. The van der Waals surface area contributed by atoms with E-state index in [1.54, 1.807) is 6.07 Å². The zero-order valence-electron chi connectivity index (χ0n) is 13.6. The molecule has 2 aromatic rings. The Labute approximate surface area is 168 Å². The molecule has 5 nitrogen and oxygen atoms in total. The minimum Gasteiger partial charge on any atom is -0.386 e. The molecule has 0 amide bonds. The molecular formula is C16H22ClIN4OS. The molecule has 0 aromatic carbocycles. The number of rotatable bonds is 6. The van der Waals surface area contributed by atoms with Gasteiger partial charge in [-0.25, -0.2) is 4.99 Å². The summed E-state index contributed by atoms with van der Waals surface area (Å²) >= 11 is 7.27. The highest BCUT2D eigenvalue weighted by atomic mass is 127. The van der Waals surface area contributed by atoms with Gasteiger partial charge in [0.15, 0.2) is 5.96 Å². The van der Waals surface area contributed by atoms with Crippen LogP contribution in [-0.4, -0.2) is 29.1 Å². The molecule has 2 rings (SSSR count). The molecule has 1 unspecified atom stereocenters. The van der Waals surface area contributed by atoms with Crippen LogP contribution in [0.3, 0.4) is 0 Å². The van der Waals surface area contributed by atoms with Crippen LogP contribution in [0.4, 0.5) is 0 Å². The molecule has 1 atom stereocenters. The van der Waals surface area contributed by atoms with Gasteiger partial charge in [-0.15, -0.1) is 35.3 Å². The minimum atomic E-state index is -0.617. The third-order valence-electron chi connectivity index (χ3n) is 3.07. The van der Waals surface area contributed by atoms with Gasteiger partial charge in [-0.05, 0) is 38.1 Å². The predicted octanol–water partition coefficient (Wildman–Crippen LogP) is 3.51. The van der Waals surface area contributed by atoms with Crippen molar-refractivity contribution in [3.63, 3.8) is 0 Å². The van der Waals surface area contributed by atoms with Gasteiger partial charge in [0.2, 0.25) is 0 Å². The normalized spacial score (nSPS) is 12.4. The average Bonchev–Trinajstić information content (AvgIpc) is 2.96. The van der Waals surface area contributed by atoms with Crippen molar-refractivity contribution in [1.29, 1.82) is 0 Å². The summed E-state index contributed by atoms with van der Waals surface area (Å²) in [5, 5.41) is 16.5. The lowest BCUT2D eigenvalue weighted by molar-refractivity contribution is 0.184. The van der Waals surface area contributed by atoms with E-state index in [0.717, 1.165) is 22.8 Å². The molecule has 0 bridgehead atoms. The van der Waals surface area contributed by atoms with Gasteiger partial charge >= 0.3 is 0 Å². The standard InChI is InChI=1S/C16H21ClN4OS.HI/c1-3-18-16(19-9-12-6-4-5-11(2)21-12)20-10-13(22)14-7-8-15(17)23-14;/h4-8,13,22H,3,9-10H2,1-2H3,(H2,18,19,20);1H. The van der Waals surface area contributed by atoms with Crippen LogP contribution in [0.1, 0.15) is 29.3 Å². The fourth-order valence-electron chi connectivity index (χ4n) is 1.99. The number of hydrogen-bond donors (Lipinski definition) is 3. The third kappa shape index (κ3) is 6.92. The first-order valence-electron chi connectivity index (χ1n) is 7.46. The molecule has 8 heteroatoms. The first-order chi connectivity index (χ1) is 11.1. The van der Waals surface area contributed by atoms with Crippen molar-refractivity contribution in [2.45, 2.75) is 26.5 Å². The Morgan fingerprint density at radius 2 is 2.12 bits per heavy atom. The fraction of sp³-hybridized carbons (Fsp3) is 0.375. The number of aromatic nitrogens is 1. The maximum Gasteiger partial charge on any atom is 0.191 e. The largest absolute Gasteiger partial charge is 0.386 e. The van der Waals surface area contributed by atoms with Crippen LogP contribution in [0.5, 0.6) is 0 Å². The van der Waals surface area contributed by atoms with Crippen LogP contribution in [0.25, 0.3) is 0 Å². The Bertz CT molecular complexity index is 665. The maximum absolute atomic E-state index is 10.2. The van der Waals surface area contributed by atoms with Crippen molar-refractivity contribution in [3.05, 3.63) is 50.9 Å². The molecule has 2 heterocycles. The molecule has 0 aliphatic heterocycles.